The number of aromatic nitrogens is 2. The van der Waals surface area contributed by atoms with Gasteiger partial charge in [-0.05, 0) is 18.8 Å². The van der Waals surface area contributed by atoms with Gasteiger partial charge >= 0.3 is 0 Å². The Kier molecular flexibility index (Phi) is 3.25. The summed E-state index contributed by atoms with van der Waals surface area (Å²) >= 11 is 1.61. The highest BCUT2D eigenvalue weighted by Gasteiger charge is 2.15. The molecule has 0 aliphatic carbocycles. The van der Waals surface area contributed by atoms with Gasteiger partial charge in [0.05, 0.1) is 0 Å². The molecule has 0 aliphatic heterocycles. The van der Waals surface area contributed by atoms with E-state index in [1.807, 2.05) is 6.92 Å². The third-order valence-corrected chi connectivity index (χ3v) is 3.00. The van der Waals surface area contributed by atoms with Gasteiger partial charge < -0.3 is 5.32 Å². The Balaban J connectivity index is 2.43. The topological polar surface area (TPSA) is 37.8 Å². The van der Waals surface area contributed by atoms with Crippen LogP contribution in [-0.4, -0.2) is 16.7 Å². The minimum absolute atomic E-state index is 0.333. The summed E-state index contributed by atoms with van der Waals surface area (Å²) in [5, 5.41) is 13.2. The lowest BCUT2D eigenvalue weighted by Crippen LogP contribution is -2.21. The van der Waals surface area contributed by atoms with E-state index in [9.17, 15) is 0 Å². The van der Waals surface area contributed by atoms with Crippen molar-refractivity contribution in [3.05, 3.63) is 5.01 Å². The average molecular weight is 199 g/mol. The largest absolute Gasteiger partial charge is 0.360 e. The molecule has 0 spiro atoms. The van der Waals surface area contributed by atoms with Gasteiger partial charge in [-0.3, -0.25) is 0 Å². The van der Waals surface area contributed by atoms with Gasteiger partial charge in [-0.15, -0.1) is 10.2 Å². The molecule has 0 atom stereocenters. The first-order valence-corrected chi connectivity index (χ1v) is 5.39. The molecule has 1 aromatic heterocycles. The minimum atomic E-state index is 0.333. The molecule has 0 radical (unpaired) electrons. The summed E-state index contributed by atoms with van der Waals surface area (Å²) < 4.78 is 0. The Morgan fingerprint density at radius 3 is 2.54 bits per heavy atom. The quantitative estimate of drug-likeness (QED) is 0.810. The molecule has 74 valence electrons. The normalized spacial score (nSPS) is 11.7. The number of hydrogen-bond donors (Lipinski definition) is 1. The van der Waals surface area contributed by atoms with Crippen molar-refractivity contribution in [2.24, 2.45) is 5.41 Å². The van der Waals surface area contributed by atoms with Crippen molar-refractivity contribution in [3.63, 3.8) is 0 Å². The summed E-state index contributed by atoms with van der Waals surface area (Å²) in [7, 11) is 0. The molecule has 0 saturated heterocycles. The number of anilines is 1. The van der Waals surface area contributed by atoms with Crippen LogP contribution in [0, 0.1) is 12.3 Å². The minimum Gasteiger partial charge on any atom is -0.360 e. The molecule has 0 unspecified atom stereocenters. The number of nitrogens with one attached hydrogen (secondary N) is 1. The van der Waals surface area contributed by atoms with Gasteiger partial charge in [0.2, 0.25) is 5.13 Å². The Morgan fingerprint density at radius 2 is 2.08 bits per heavy atom. The van der Waals surface area contributed by atoms with E-state index in [-0.39, 0.29) is 0 Å². The molecule has 0 aliphatic rings. The maximum absolute atomic E-state index is 4.01. The highest BCUT2D eigenvalue weighted by atomic mass is 32.1. The van der Waals surface area contributed by atoms with Crippen LogP contribution in [0.2, 0.25) is 0 Å². The van der Waals surface area contributed by atoms with Gasteiger partial charge in [-0.2, -0.15) is 0 Å². The SMILES string of the molecule is CCC(C)(C)CNc1nnc(C)s1. The molecule has 0 amide bonds. The molecule has 0 fully saturated rings. The van der Waals surface area contributed by atoms with Crippen molar-refractivity contribution in [2.45, 2.75) is 34.1 Å². The summed E-state index contributed by atoms with van der Waals surface area (Å²) in [5.74, 6) is 0. The maximum atomic E-state index is 4.01. The van der Waals surface area contributed by atoms with Crippen molar-refractivity contribution in [3.8, 4) is 0 Å². The zero-order valence-electron chi connectivity index (χ0n) is 8.72. The maximum Gasteiger partial charge on any atom is 0.205 e. The van der Waals surface area contributed by atoms with Crippen LogP contribution in [0.15, 0.2) is 0 Å². The third kappa shape index (κ3) is 3.30. The van der Waals surface area contributed by atoms with Crippen molar-refractivity contribution in [2.75, 3.05) is 11.9 Å². The Morgan fingerprint density at radius 1 is 1.38 bits per heavy atom. The van der Waals surface area contributed by atoms with Gasteiger partial charge in [0, 0.05) is 6.54 Å². The summed E-state index contributed by atoms with van der Waals surface area (Å²) in [4.78, 5) is 0. The highest BCUT2D eigenvalue weighted by molar-refractivity contribution is 7.15. The molecule has 1 rings (SSSR count). The van der Waals surface area contributed by atoms with Crippen LogP contribution in [-0.2, 0) is 0 Å². The Hall–Kier alpha value is -0.640. The van der Waals surface area contributed by atoms with Crippen LogP contribution >= 0.6 is 11.3 Å². The van der Waals surface area contributed by atoms with Gasteiger partial charge in [0.25, 0.3) is 0 Å². The second kappa shape index (κ2) is 4.05. The van der Waals surface area contributed by atoms with Gasteiger partial charge in [0.1, 0.15) is 5.01 Å². The molecule has 0 saturated carbocycles. The summed E-state index contributed by atoms with van der Waals surface area (Å²) in [6.45, 7) is 9.61. The lowest BCUT2D eigenvalue weighted by Gasteiger charge is -2.22. The van der Waals surface area contributed by atoms with E-state index in [0.29, 0.717) is 5.41 Å². The van der Waals surface area contributed by atoms with E-state index >= 15 is 0 Å². The van der Waals surface area contributed by atoms with Crippen LogP contribution in [0.3, 0.4) is 0 Å². The van der Waals surface area contributed by atoms with Crippen molar-refractivity contribution >= 4 is 16.5 Å². The third-order valence-electron chi connectivity index (χ3n) is 2.20. The van der Waals surface area contributed by atoms with E-state index in [0.717, 1.165) is 23.1 Å². The second-order valence-corrected chi connectivity index (χ2v) is 5.18. The molecular weight excluding hydrogens is 182 g/mol. The lowest BCUT2D eigenvalue weighted by molar-refractivity contribution is 0.377. The first-order chi connectivity index (χ1) is 6.03. The molecule has 13 heavy (non-hydrogen) atoms. The van der Waals surface area contributed by atoms with E-state index in [1.54, 1.807) is 11.3 Å². The molecule has 0 bridgehead atoms. The van der Waals surface area contributed by atoms with E-state index in [4.69, 9.17) is 0 Å². The summed E-state index contributed by atoms with van der Waals surface area (Å²) in [5.41, 5.74) is 0.333. The van der Waals surface area contributed by atoms with Gasteiger partial charge in [-0.25, -0.2) is 0 Å². The fourth-order valence-corrected chi connectivity index (χ4v) is 1.40. The first kappa shape index (κ1) is 10.4. The van der Waals surface area contributed by atoms with E-state index in [1.165, 1.54) is 0 Å². The van der Waals surface area contributed by atoms with Gasteiger partial charge in [-0.1, -0.05) is 32.1 Å². The molecule has 4 heteroatoms. The zero-order chi connectivity index (χ0) is 9.90. The molecular formula is C9H17N3S. The summed E-state index contributed by atoms with van der Waals surface area (Å²) in [6.07, 6.45) is 1.16. The monoisotopic (exact) mass is 199 g/mol. The van der Waals surface area contributed by atoms with E-state index < -0.39 is 0 Å². The zero-order valence-corrected chi connectivity index (χ0v) is 9.53. The number of nitrogens with zero attached hydrogens (tertiary/aromatic N) is 2. The van der Waals surface area contributed by atoms with Crippen LogP contribution in [0.1, 0.15) is 32.2 Å². The fourth-order valence-electron chi connectivity index (χ4n) is 0.808. The van der Waals surface area contributed by atoms with E-state index in [2.05, 4.69) is 36.3 Å². The predicted octanol–water partition coefficient (Wildman–Crippen LogP) is 2.69. The van der Waals surface area contributed by atoms with Crippen LogP contribution in [0.4, 0.5) is 5.13 Å². The molecule has 0 aromatic carbocycles. The fraction of sp³-hybridized carbons (Fsp3) is 0.778. The van der Waals surface area contributed by atoms with Crippen LogP contribution in [0.25, 0.3) is 0 Å². The Labute approximate surface area is 83.6 Å². The predicted molar refractivity (Wildman–Crippen MR) is 57.2 cm³/mol. The van der Waals surface area contributed by atoms with Crippen LogP contribution < -0.4 is 5.32 Å². The lowest BCUT2D eigenvalue weighted by atomic mass is 9.90. The molecule has 1 aromatic rings. The standard InChI is InChI=1S/C9H17N3S/c1-5-9(3,4)6-10-8-12-11-7(2)13-8/h5-6H2,1-4H3,(H,10,12). The number of rotatable bonds is 4. The first-order valence-electron chi connectivity index (χ1n) is 4.57. The second-order valence-electron chi connectivity index (χ2n) is 4.00. The van der Waals surface area contributed by atoms with Crippen LogP contribution in [0.5, 0.6) is 0 Å². The smallest absolute Gasteiger partial charge is 0.205 e. The molecule has 3 nitrogen and oxygen atoms in total. The van der Waals surface area contributed by atoms with Crippen molar-refractivity contribution in [1.82, 2.24) is 10.2 Å². The highest BCUT2D eigenvalue weighted by Crippen LogP contribution is 2.21. The van der Waals surface area contributed by atoms with Gasteiger partial charge in [0.15, 0.2) is 0 Å². The Bertz CT molecular complexity index is 268. The molecule has 1 N–H and O–H groups in total. The van der Waals surface area contributed by atoms with Crippen molar-refractivity contribution < 1.29 is 0 Å². The number of aryl methyl sites for hydroxylation is 1. The summed E-state index contributed by atoms with van der Waals surface area (Å²) in [6, 6.07) is 0. The number of hydrogen-bond acceptors (Lipinski definition) is 4. The molecule has 1 heterocycles. The van der Waals surface area contributed by atoms with Crippen molar-refractivity contribution in [1.29, 1.82) is 0 Å². The average Bonchev–Trinajstić information content (AvgIpc) is 2.48.